The molecule has 0 saturated heterocycles. The van der Waals surface area contributed by atoms with Crippen LogP contribution in [0.5, 0.6) is 0 Å². The SMILES string of the molecule is CCN(CC1CC1)C(=O)c1ccnc(CN)c1. The van der Waals surface area contributed by atoms with Gasteiger partial charge in [0.1, 0.15) is 0 Å². The van der Waals surface area contributed by atoms with Crippen molar-refractivity contribution in [1.82, 2.24) is 9.88 Å². The number of rotatable bonds is 5. The van der Waals surface area contributed by atoms with E-state index in [-0.39, 0.29) is 5.91 Å². The van der Waals surface area contributed by atoms with Crippen molar-refractivity contribution in [3.05, 3.63) is 29.6 Å². The molecule has 1 fully saturated rings. The predicted molar refractivity (Wildman–Crippen MR) is 66.4 cm³/mol. The molecule has 1 amide bonds. The molecule has 1 aliphatic rings. The van der Waals surface area contributed by atoms with Gasteiger partial charge >= 0.3 is 0 Å². The third-order valence-corrected chi connectivity index (χ3v) is 3.12. The van der Waals surface area contributed by atoms with Crippen LogP contribution in [0.25, 0.3) is 0 Å². The largest absolute Gasteiger partial charge is 0.339 e. The van der Waals surface area contributed by atoms with Crippen molar-refractivity contribution in [2.75, 3.05) is 13.1 Å². The summed E-state index contributed by atoms with van der Waals surface area (Å²) in [6.07, 6.45) is 4.17. The van der Waals surface area contributed by atoms with Crippen LogP contribution < -0.4 is 5.73 Å². The predicted octanol–water partition coefficient (Wildman–Crippen LogP) is 1.41. The summed E-state index contributed by atoms with van der Waals surface area (Å²) < 4.78 is 0. The molecule has 2 rings (SSSR count). The van der Waals surface area contributed by atoms with Gasteiger partial charge in [-0.2, -0.15) is 0 Å². The highest BCUT2D eigenvalue weighted by molar-refractivity contribution is 5.94. The second-order valence-electron chi connectivity index (χ2n) is 4.53. The second kappa shape index (κ2) is 5.27. The van der Waals surface area contributed by atoms with Crippen molar-refractivity contribution in [3.8, 4) is 0 Å². The smallest absolute Gasteiger partial charge is 0.253 e. The zero-order valence-corrected chi connectivity index (χ0v) is 10.2. The summed E-state index contributed by atoms with van der Waals surface area (Å²) in [7, 11) is 0. The van der Waals surface area contributed by atoms with Crippen LogP contribution in [0.2, 0.25) is 0 Å². The topological polar surface area (TPSA) is 59.2 Å². The van der Waals surface area contributed by atoms with Crippen LogP contribution in [-0.4, -0.2) is 28.9 Å². The molecule has 0 bridgehead atoms. The first-order valence-electron chi connectivity index (χ1n) is 6.19. The molecular weight excluding hydrogens is 214 g/mol. The lowest BCUT2D eigenvalue weighted by molar-refractivity contribution is 0.0756. The summed E-state index contributed by atoms with van der Waals surface area (Å²) in [6, 6.07) is 3.55. The molecule has 1 aliphatic carbocycles. The van der Waals surface area contributed by atoms with Crippen LogP contribution in [0.15, 0.2) is 18.3 Å². The summed E-state index contributed by atoms with van der Waals surface area (Å²) in [5.74, 6) is 0.811. The summed E-state index contributed by atoms with van der Waals surface area (Å²) in [5, 5.41) is 0. The number of aromatic nitrogens is 1. The Hall–Kier alpha value is -1.42. The van der Waals surface area contributed by atoms with E-state index < -0.39 is 0 Å². The number of hydrogen-bond acceptors (Lipinski definition) is 3. The van der Waals surface area contributed by atoms with E-state index in [0.717, 1.165) is 24.7 Å². The minimum absolute atomic E-state index is 0.0940. The molecule has 0 aliphatic heterocycles. The molecule has 4 heteroatoms. The molecule has 17 heavy (non-hydrogen) atoms. The number of pyridine rings is 1. The minimum Gasteiger partial charge on any atom is -0.339 e. The zero-order valence-electron chi connectivity index (χ0n) is 10.2. The van der Waals surface area contributed by atoms with Crippen LogP contribution in [-0.2, 0) is 6.54 Å². The second-order valence-corrected chi connectivity index (χ2v) is 4.53. The molecule has 1 saturated carbocycles. The Morgan fingerprint density at radius 1 is 1.59 bits per heavy atom. The highest BCUT2D eigenvalue weighted by Crippen LogP contribution is 2.30. The first kappa shape index (κ1) is 12.0. The molecule has 0 aromatic carbocycles. The lowest BCUT2D eigenvalue weighted by Gasteiger charge is -2.20. The monoisotopic (exact) mass is 233 g/mol. The maximum absolute atomic E-state index is 12.3. The molecule has 0 spiro atoms. The van der Waals surface area contributed by atoms with Crippen LogP contribution in [0.4, 0.5) is 0 Å². The van der Waals surface area contributed by atoms with Gasteiger partial charge < -0.3 is 10.6 Å². The molecule has 2 N–H and O–H groups in total. The average Bonchev–Trinajstić information content (AvgIpc) is 3.19. The van der Waals surface area contributed by atoms with Crippen molar-refractivity contribution in [2.24, 2.45) is 11.7 Å². The van der Waals surface area contributed by atoms with E-state index in [0.29, 0.717) is 12.1 Å². The third kappa shape index (κ3) is 3.03. The number of nitrogens with zero attached hydrogens (tertiary/aromatic N) is 2. The normalized spacial score (nSPS) is 14.7. The molecule has 4 nitrogen and oxygen atoms in total. The molecule has 92 valence electrons. The Morgan fingerprint density at radius 2 is 2.35 bits per heavy atom. The number of amides is 1. The minimum atomic E-state index is 0.0940. The molecule has 0 radical (unpaired) electrons. The lowest BCUT2D eigenvalue weighted by atomic mass is 10.2. The molecule has 0 unspecified atom stereocenters. The Morgan fingerprint density at radius 3 is 2.94 bits per heavy atom. The summed E-state index contributed by atoms with van der Waals surface area (Å²) in [4.78, 5) is 18.3. The van der Waals surface area contributed by atoms with Crippen LogP contribution in [0, 0.1) is 5.92 Å². The van der Waals surface area contributed by atoms with Crippen LogP contribution in [0.1, 0.15) is 35.8 Å². The first-order valence-corrected chi connectivity index (χ1v) is 6.19. The van der Waals surface area contributed by atoms with Gasteiger partial charge in [-0.25, -0.2) is 0 Å². The van der Waals surface area contributed by atoms with E-state index in [2.05, 4.69) is 4.98 Å². The molecule has 1 aromatic heterocycles. The van der Waals surface area contributed by atoms with E-state index in [1.807, 2.05) is 11.8 Å². The van der Waals surface area contributed by atoms with Gasteiger partial charge in [-0.15, -0.1) is 0 Å². The van der Waals surface area contributed by atoms with Crippen LogP contribution in [0.3, 0.4) is 0 Å². The van der Waals surface area contributed by atoms with Crippen molar-refractivity contribution < 1.29 is 4.79 Å². The average molecular weight is 233 g/mol. The van der Waals surface area contributed by atoms with E-state index in [1.165, 1.54) is 12.8 Å². The van der Waals surface area contributed by atoms with Gasteiger partial charge in [0, 0.05) is 31.4 Å². The van der Waals surface area contributed by atoms with E-state index in [9.17, 15) is 4.79 Å². The number of carbonyl (C=O) groups is 1. The summed E-state index contributed by atoms with van der Waals surface area (Å²) >= 11 is 0. The van der Waals surface area contributed by atoms with Crippen molar-refractivity contribution in [2.45, 2.75) is 26.3 Å². The van der Waals surface area contributed by atoms with E-state index in [1.54, 1.807) is 18.3 Å². The van der Waals surface area contributed by atoms with E-state index >= 15 is 0 Å². The fourth-order valence-electron chi connectivity index (χ4n) is 1.87. The van der Waals surface area contributed by atoms with Gasteiger partial charge in [-0.3, -0.25) is 9.78 Å². The van der Waals surface area contributed by atoms with Gasteiger partial charge in [-0.05, 0) is 37.8 Å². The van der Waals surface area contributed by atoms with Crippen molar-refractivity contribution in [3.63, 3.8) is 0 Å². The first-order chi connectivity index (χ1) is 8.24. The van der Waals surface area contributed by atoms with Crippen molar-refractivity contribution in [1.29, 1.82) is 0 Å². The van der Waals surface area contributed by atoms with Gasteiger partial charge in [-0.1, -0.05) is 0 Å². The maximum Gasteiger partial charge on any atom is 0.253 e. The van der Waals surface area contributed by atoms with Gasteiger partial charge in [0.05, 0.1) is 5.69 Å². The quantitative estimate of drug-likeness (QED) is 0.836. The molecule has 1 heterocycles. The summed E-state index contributed by atoms with van der Waals surface area (Å²) in [5.41, 5.74) is 6.99. The van der Waals surface area contributed by atoms with Gasteiger partial charge in [0.2, 0.25) is 0 Å². The fourth-order valence-corrected chi connectivity index (χ4v) is 1.87. The van der Waals surface area contributed by atoms with Crippen molar-refractivity contribution >= 4 is 5.91 Å². The molecular formula is C13H19N3O. The number of carbonyl (C=O) groups excluding carboxylic acids is 1. The maximum atomic E-state index is 12.3. The van der Waals surface area contributed by atoms with E-state index in [4.69, 9.17) is 5.73 Å². The highest BCUT2D eigenvalue weighted by atomic mass is 16.2. The number of nitrogens with two attached hydrogens (primary N) is 1. The third-order valence-electron chi connectivity index (χ3n) is 3.12. The zero-order chi connectivity index (χ0) is 12.3. The molecule has 0 atom stereocenters. The Kier molecular flexibility index (Phi) is 3.74. The van der Waals surface area contributed by atoms with Gasteiger partial charge in [0.15, 0.2) is 0 Å². The molecule has 1 aromatic rings. The lowest BCUT2D eigenvalue weighted by Crippen LogP contribution is -2.32. The Labute approximate surface area is 102 Å². The Bertz CT molecular complexity index is 401. The van der Waals surface area contributed by atoms with Crippen LogP contribution >= 0.6 is 0 Å². The number of hydrogen-bond donors (Lipinski definition) is 1. The van der Waals surface area contributed by atoms with Gasteiger partial charge in [0.25, 0.3) is 5.91 Å². The fraction of sp³-hybridized carbons (Fsp3) is 0.538. The standard InChI is InChI=1S/C13H19N3O/c1-2-16(9-10-3-4-10)13(17)11-5-6-15-12(7-11)8-14/h5-7,10H,2-4,8-9,14H2,1H3. The Balaban J connectivity index is 2.09. The summed E-state index contributed by atoms with van der Waals surface area (Å²) in [6.45, 7) is 4.03. The highest BCUT2D eigenvalue weighted by Gasteiger charge is 2.26.